The van der Waals surface area contributed by atoms with Crippen LogP contribution < -0.4 is 5.32 Å². The number of likely N-dealkylation sites (tertiary alicyclic amines) is 2. The Morgan fingerprint density at radius 2 is 1.48 bits per heavy atom. The lowest BCUT2D eigenvalue weighted by molar-refractivity contribution is -0.139. The normalized spacial score (nSPS) is 17.6. The van der Waals surface area contributed by atoms with E-state index in [1.165, 1.54) is 30.5 Å². The minimum absolute atomic E-state index is 0.0930. The highest BCUT2D eigenvalue weighted by Crippen LogP contribution is 2.25. The fraction of sp³-hybridized carbons (Fsp3) is 0.417. The molecule has 33 heavy (non-hydrogen) atoms. The van der Waals surface area contributed by atoms with Crippen LogP contribution >= 0.6 is 11.6 Å². The lowest BCUT2D eigenvalue weighted by Gasteiger charge is -2.37. The van der Waals surface area contributed by atoms with Gasteiger partial charge in [0.25, 0.3) is 5.91 Å². The minimum atomic E-state index is -0.376. The van der Waals surface area contributed by atoms with Crippen molar-refractivity contribution in [1.29, 1.82) is 0 Å². The van der Waals surface area contributed by atoms with Gasteiger partial charge in [0, 0.05) is 49.8 Å². The van der Waals surface area contributed by atoms with E-state index in [4.69, 9.17) is 11.6 Å². The summed E-state index contributed by atoms with van der Waals surface area (Å²) in [6, 6.07) is 8.85. The molecule has 3 amide bonds. The summed E-state index contributed by atoms with van der Waals surface area (Å²) in [4.78, 5) is 45.8. The van der Waals surface area contributed by atoms with Crippen molar-refractivity contribution in [3.05, 3.63) is 59.0 Å². The van der Waals surface area contributed by atoms with Crippen molar-refractivity contribution >= 4 is 35.1 Å². The van der Waals surface area contributed by atoms with Crippen LogP contribution in [-0.4, -0.2) is 58.7 Å². The third kappa shape index (κ3) is 5.68. The van der Waals surface area contributed by atoms with Crippen molar-refractivity contribution in [3.63, 3.8) is 0 Å². The molecule has 1 aromatic carbocycles. The van der Waals surface area contributed by atoms with Gasteiger partial charge >= 0.3 is 0 Å². The predicted molar refractivity (Wildman–Crippen MR) is 122 cm³/mol. The lowest BCUT2D eigenvalue weighted by atomic mass is 9.91. The molecule has 0 bridgehead atoms. The summed E-state index contributed by atoms with van der Waals surface area (Å²) in [5.74, 6) is -0.328. The molecule has 0 atom stereocenters. The lowest BCUT2D eigenvalue weighted by Crippen LogP contribution is -2.47. The second-order valence-corrected chi connectivity index (χ2v) is 8.96. The molecule has 0 radical (unpaired) electrons. The predicted octanol–water partition coefficient (Wildman–Crippen LogP) is 3.60. The molecule has 2 saturated heterocycles. The fourth-order valence-electron chi connectivity index (χ4n) is 4.40. The largest absolute Gasteiger partial charge is 0.342 e. The van der Waals surface area contributed by atoms with Crippen LogP contribution in [0.1, 0.15) is 36.0 Å². The molecule has 1 N–H and O–H groups in total. The number of halogens is 2. The highest BCUT2D eigenvalue weighted by atomic mass is 35.5. The van der Waals surface area contributed by atoms with Crippen LogP contribution in [0.25, 0.3) is 0 Å². The van der Waals surface area contributed by atoms with Crippen molar-refractivity contribution in [2.24, 2.45) is 11.8 Å². The van der Waals surface area contributed by atoms with Crippen LogP contribution in [0, 0.1) is 17.7 Å². The van der Waals surface area contributed by atoms with E-state index >= 15 is 0 Å². The minimum Gasteiger partial charge on any atom is -0.342 e. The molecule has 2 aliphatic heterocycles. The fourth-order valence-corrected chi connectivity index (χ4v) is 4.51. The van der Waals surface area contributed by atoms with Gasteiger partial charge in [0.2, 0.25) is 11.8 Å². The van der Waals surface area contributed by atoms with E-state index < -0.39 is 0 Å². The zero-order valence-corrected chi connectivity index (χ0v) is 18.9. The summed E-state index contributed by atoms with van der Waals surface area (Å²) in [6.07, 6.45) is 3.90. The first-order valence-corrected chi connectivity index (χ1v) is 11.5. The van der Waals surface area contributed by atoms with Crippen molar-refractivity contribution < 1.29 is 18.8 Å². The summed E-state index contributed by atoms with van der Waals surface area (Å²) < 4.78 is 13.1. The Morgan fingerprint density at radius 3 is 2.09 bits per heavy atom. The van der Waals surface area contributed by atoms with Crippen LogP contribution in [0.3, 0.4) is 0 Å². The number of amides is 3. The van der Waals surface area contributed by atoms with Gasteiger partial charge in [0.15, 0.2) is 0 Å². The van der Waals surface area contributed by atoms with Gasteiger partial charge in [-0.15, -0.1) is 0 Å². The summed E-state index contributed by atoms with van der Waals surface area (Å²) in [6.45, 7) is 2.08. The van der Waals surface area contributed by atoms with E-state index in [9.17, 15) is 18.8 Å². The second-order valence-electron chi connectivity index (χ2n) is 8.52. The van der Waals surface area contributed by atoms with Crippen LogP contribution in [0.15, 0.2) is 42.6 Å². The molecule has 3 heterocycles. The van der Waals surface area contributed by atoms with E-state index in [0.29, 0.717) is 68.3 Å². The van der Waals surface area contributed by atoms with Gasteiger partial charge in [-0.1, -0.05) is 11.6 Å². The number of nitrogens with zero attached hydrogens (tertiary/aromatic N) is 3. The third-order valence-electron chi connectivity index (χ3n) is 6.38. The van der Waals surface area contributed by atoms with E-state index in [1.807, 2.05) is 4.90 Å². The van der Waals surface area contributed by atoms with Crippen molar-refractivity contribution in [3.8, 4) is 0 Å². The number of nitrogens with one attached hydrogen (secondary N) is 1. The topological polar surface area (TPSA) is 82.6 Å². The molecule has 0 aliphatic carbocycles. The maximum absolute atomic E-state index is 13.1. The molecule has 9 heteroatoms. The number of rotatable bonds is 4. The Balaban J connectivity index is 1.23. The van der Waals surface area contributed by atoms with Crippen LogP contribution in [0.4, 0.5) is 10.2 Å². The molecular weight excluding hydrogens is 447 g/mol. The van der Waals surface area contributed by atoms with Crippen molar-refractivity contribution in [2.45, 2.75) is 25.7 Å². The monoisotopic (exact) mass is 472 g/mol. The molecule has 4 rings (SSSR count). The van der Waals surface area contributed by atoms with Crippen molar-refractivity contribution in [1.82, 2.24) is 14.8 Å². The number of hydrogen-bond acceptors (Lipinski definition) is 4. The SMILES string of the molecule is O=C(Nc1ccc(Cl)cn1)C1CCN(C(=O)C2CCN(C(=O)c3ccc(F)cc3)CC2)CC1. The number of hydrogen-bond donors (Lipinski definition) is 1. The maximum Gasteiger partial charge on any atom is 0.253 e. The van der Waals surface area contributed by atoms with Crippen LogP contribution in [0.2, 0.25) is 5.02 Å². The zero-order chi connectivity index (χ0) is 23.4. The number of piperidine rings is 2. The van der Waals surface area contributed by atoms with Crippen molar-refractivity contribution in [2.75, 3.05) is 31.5 Å². The van der Waals surface area contributed by atoms with E-state index in [-0.39, 0.29) is 35.4 Å². The number of benzene rings is 1. The Kier molecular flexibility index (Phi) is 7.23. The van der Waals surface area contributed by atoms with Gasteiger partial charge in [0.05, 0.1) is 5.02 Å². The van der Waals surface area contributed by atoms with Gasteiger partial charge in [-0.2, -0.15) is 0 Å². The highest BCUT2D eigenvalue weighted by Gasteiger charge is 2.33. The zero-order valence-electron chi connectivity index (χ0n) is 18.2. The molecular formula is C24H26ClFN4O3. The average Bonchev–Trinajstić information content (AvgIpc) is 2.85. The first-order valence-electron chi connectivity index (χ1n) is 11.2. The number of carbonyl (C=O) groups excluding carboxylic acids is 3. The molecule has 7 nitrogen and oxygen atoms in total. The third-order valence-corrected chi connectivity index (χ3v) is 6.60. The molecule has 2 aliphatic rings. The summed E-state index contributed by atoms with van der Waals surface area (Å²) >= 11 is 5.82. The summed E-state index contributed by atoms with van der Waals surface area (Å²) in [5, 5.41) is 3.31. The first kappa shape index (κ1) is 23.2. The first-order chi connectivity index (χ1) is 15.9. The second kappa shape index (κ2) is 10.3. The maximum atomic E-state index is 13.1. The van der Waals surface area contributed by atoms with E-state index in [2.05, 4.69) is 10.3 Å². The quantitative estimate of drug-likeness (QED) is 0.737. The van der Waals surface area contributed by atoms with Gasteiger partial charge in [-0.3, -0.25) is 14.4 Å². The summed E-state index contributed by atoms with van der Waals surface area (Å²) in [7, 11) is 0. The van der Waals surface area contributed by atoms with Crippen LogP contribution in [0.5, 0.6) is 0 Å². The Hall–Kier alpha value is -3.00. The smallest absolute Gasteiger partial charge is 0.253 e. The number of aromatic nitrogens is 1. The van der Waals surface area contributed by atoms with Gasteiger partial charge in [-0.05, 0) is 62.1 Å². The molecule has 0 spiro atoms. The molecule has 0 unspecified atom stereocenters. The summed E-state index contributed by atoms with van der Waals surface area (Å²) in [5.41, 5.74) is 0.454. The van der Waals surface area contributed by atoms with E-state index in [1.54, 1.807) is 17.0 Å². The molecule has 2 fully saturated rings. The Bertz CT molecular complexity index is 999. The molecule has 174 valence electrons. The van der Waals surface area contributed by atoms with Gasteiger partial charge in [-0.25, -0.2) is 9.37 Å². The molecule has 1 aromatic heterocycles. The number of pyridine rings is 1. The van der Waals surface area contributed by atoms with Gasteiger partial charge in [0.1, 0.15) is 11.6 Å². The molecule has 2 aromatic rings. The standard InChI is InChI=1S/C24H26ClFN4O3/c25-19-3-6-21(27-15-19)28-22(31)16-7-11-29(12-8-16)24(33)18-9-13-30(14-10-18)23(32)17-1-4-20(26)5-2-17/h1-6,15-16,18H,7-14H2,(H,27,28,31). The number of carbonyl (C=O) groups is 3. The Labute approximate surface area is 196 Å². The molecule has 0 saturated carbocycles. The number of anilines is 1. The average molecular weight is 473 g/mol. The van der Waals surface area contributed by atoms with E-state index in [0.717, 1.165) is 0 Å². The highest BCUT2D eigenvalue weighted by molar-refractivity contribution is 6.30. The van der Waals surface area contributed by atoms with Gasteiger partial charge < -0.3 is 15.1 Å². The Morgan fingerprint density at radius 1 is 0.879 bits per heavy atom. The van der Waals surface area contributed by atoms with Crippen LogP contribution in [-0.2, 0) is 9.59 Å².